The van der Waals surface area contributed by atoms with Crippen molar-refractivity contribution in [1.82, 2.24) is 9.55 Å². The Morgan fingerprint density at radius 3 is 3.20 bits per heavy atom. The Balaban J connectivity index is 2.45. The smallest absolute Gasteiger partial charge is 0.108 e. The van der Waals surface area contributed by atoms with Gasteiger partial charge in [0, 0.05) is 24.9 Å². The van der Waals surface area contributed by atoms with Crippen LogP contribution in [-0.4, -0.2) is 9.55 Å². The molecule has 1 aromatic rings. The summed E-state index contributed by atoms with van der Waals surface area (Å²) in [7, 11) is 0. The van der Waals surface area contributed by atoms with Crippen molar-refractivity contribution in [3.05, 3.63) is 17.7 Å². The number of hydrogen-bond acceptors (Lipinski definition) is 1. The highest BCUT2D eigenvalue weighted by atomic mass is 15.1. The fourth-order valence-corrected chi connectivity index (χ4v) is 1.57. The van der Waals surface area contributed by atoms with Crippen molar-refractivity contribution in [2.45, 2.75) is 32.7 Å². The lowest BCUT2D eigenvalue weighted by molar-refractivity contribution is 0.514. The molecule has 0 aromatic carbocycles. The van der Waals surface area contributed by atoms with E-state index in [1.165, 1.54) is 37.3 Å². The van der Waals surface area contributed by atoms with Crippen molar-refractivity contribution in [2.75, 3.05) is 0 Å². The van der Waals surface area contributed by atoms with E-state index in [1.807, 2.05) is 6.20 Å². The van der Waals surface area contributed by atoms with E-state index in [4.69, 9.17) is 0 Å². The minimum absolute atomic E-state index is 1.17. The SMILES string of the molecule is Cc1cnc2n1CCCC2. The number of hydrogen-bond donors (Lipinski definition) is 0. The predicted octanol–water partition coefficient (Wildman–Crippen LogP) is 1.53. The van der Waals surface area contributed by atoms with Gasteiger partial charge in [0.05, 0.1) is 0 Å². The van der Waals surface area contributed by atoms with Gasteiger partial charge in [0.25, 0.3) is 0 Å². The molecule has 0 N–H and O–H groups in total. The van der Waals surface area contributed by atoms with Gasteiger partial charge < -0.3 is 4.57 Å². The number of rotatable bonds is 0. The molecule has 0 amide bonds. The number of aryl methyl sites for hydroxylation is 2. The maximum atomic E-state index is 4.32. The second-order valence-electron chi connectivity index (χ2n) is 2.92. The Morgan fingerprint density at radius 1 is 1.50 bits per heavy atom. The molecule has 2 heterocycles. The largest absolute Gasteiger partial charge is 0.332 e. The van der Waals surface area contributed by atoms with E-state index in [1.54, 1.807) is 0 Å². The van der Waals surface area contributed by atoms with Crippen molar-refractivity contribution in [3.63, 3.8) is 0 Å². The van der Waals surface area contributed by atoms with Crippen LogP contribution in [0.5, 0.6) is 0 Å². The maximum Gasteiger partial charge on any atom is 0.108 e. The molecule has 1 aromatic heterocycles. The Kier molecular flexibility index (Phi) is 1.26. The van der Waals surface area contributed by atoms with E-state index in [-0.39, 0.29) is 0 Å². The van der Waals surface area contributed by atoms with Gasteiger partial charge in [0.1, 0.15) is 5.82 Å². The van der Waals surface area contributed by atoms with Gasteiger partial charge in [0.15, 0.2) is 0 Å². The highest BCUT2D eigenvalue weighted by Crippen LogP contribution is 2.14. The Bertz CT molecular complexity index is 237. The number of fused-ring (bicyclic) bond motifs is 1. The zero-order chi connectivity index (χ0) is 6.97. The molecule has 2 rings (SSSR count). The zero-order valence-corrected chi connectivity index (χ0v) is 6.30. The summed E-state index contributed by atoms with van der Waals surface area (Å²) in [4.78, 5) is 4.32. The van der Waals surface area contributed by atoms with Crippen LogP contribution in [0.4, 0.5) is 0 Å². The van der Waals surface area contributed by atoms with E-state index in [2.05, 4.69) is 16.5 Å². The van der Waals surface area contributed by atoms with Crippen LogP contribution in [-0.2, 0) is 13.0 Å². The zero-order valence-electron chi connectivity index (χ0n) is 6.30. The van der Waals surface area contributed by atoms with Gasteiger partial charge >= 0.3 is 0 Å². The summed E-state index contributed by atoms with van der Waals surface area (Å²) in [6.07, 6.45) is 5.79. The standard InChI is InChI=1S/C8H12N2/c1-7-6-9-8-4-2-3-5-10(7)8/h6H,2-5H2,1H3. The molecule has 1 aliphatic heterocycles. The predicted molar refractivity (Wildman–Crippen MR) is 39.9 cm³/mol. The van der Waals surface area contributed by atoms with Crippen molar-refractivity contribution in [1.29, 1.82) is 0 Å². The monoisotopic (exact) mass is 136 g/mol. The molecule has 0 saturated carbocycles. The molecule has 0 spiro atoms. The summed E-state index contributed by atoms with van der Waals surface area (Å²) >= 11 is 0. The Morgan fingerprint density at radius 2 is 2.40 bits per heavy atom. The summed E-state index contributed by atoms with van der Waals surface area (Å²) < 4.78 is 2.32. The molecule has 0 bridgehead atoms. The number of aromatic nitrogens is 2. The third kappa shape index (κ3) is 0.753. The van der Waals surface area contributed by atoms with Gasteiger partial charge in [-0.05, 0) is 19.8 Å². The summed E-state index contributed by atoms with van der Waals surface area (Å²) in [5, 5.41) is 0. The molecule has 1 aliphatic rings. The third-order valence-corrected chi connectivity index (χ3v) is 2.17. The van der Waals surface area contributed by atoms with Crippen LogP contribution >= 0.6 is 0 Å². The summed E-state index contributed by atoms with van der Waals surface area (Å²) in [6, 6.07) is 0. The highest BCUT2D eigenvalue weighted by Gasteiger charge is 2.10. The minimum Gasteiger partial charge on any atom is -0.332 e. The molecule has 0 atom stereocenters. The number of imidazole rings is 1. The normalized spacial score (nSPS) is 16.9. The van der Waals surface area contributed by atoms with E-state index in [0.717, 1.165) is 0 Å². The van der Waals surface area contributed by atoms with Crippen LogP contribution in [0.15, 0.2) is 6.20 Å². The average molecular weight is 136 g/mol. The van der Waals surface area contributed by atoms with Gasteiger partial charge in [-0.2, -0.15) is 0 Å². The van der Waals surface area contributed by atoms with E-state index in [9.17, 15) is 0 Å². The summed E-state index contributed by atoms with van der Waals surface area (Å²) in [5.74, 6) is 1.28. The van der Waals surface area contributed by atoms with Gasteiger partial charge in [-0.15, -0.1) is 0 Å². The first-order valence-electron chi connectivity index (χ1n) is 3.89. The van der Waals surface area contributed by atoms with E-state index < -0.39 is 0 Å². The van der Waals surface area contributed by atoms with Gasteiger partial charge in [-0.3, -0.25) is 0 Å². The topological polar surface area (TPSA) is 17.8 Å². The Labute approximate surface area is 60.9 Å². The molecular weight excluding hydrogens is 124 g/mol. The first-order chi connectivity index (χ1) is 4.88. The molecule has 0 aliphatic carbocycles. The molecule has 54 valence electrons. The van der Waals surface area contributed by atoms with Crippen LogP contribution in [0, 0.1) is 6.92 Å². The lowest BCUT2D eigenvalue weighted by Gasteiger charge is -2.14. The van der Waals surface area contributed by atoms with E-state index >= 15 is 0 Å². The summed E-state index contributed by atoms with van der Waals surface area (Å²) in [6.45, 7) is 3.31. The van der Waals surface area contributed by atoms with Crippen LogP contribution in [0.25, 0.3) is 0 Å². The molecule has 0 saturated heterocycles. The number of nitrogens with zero attached hydrogens (tertiary/aromatic N) is 2. The average Bonchev–Trinajstić information content (AvgIpc) is 2.34. The van der Waals surface area contributed by atoms with Crippen LogP contribution < -0.4 is 0 Å². The van der Waals surface area contributed by atoms with Crippen LogP contribution in [0.1, 0.15) is 24.4 Å². The Hall–Kier alpha value is -0.790. The summed E-state index contributed by atoms with van der Waals surface area (Å²) in [5.41, 5.74) is 1.31. The minimum atomic E-state index is 1.17. The highest BCUT2D eigenvalue weighted by molar-refractivity contribution is 5.04. The molecular formula is C8H12N2. The van der Waals surface area contributed by atoms with Crippen molar-refractivity contribution in [3.8, 4) is 0 Å². The van der Waals surface area contributed by atoms with Gasteiger partial charge in [-0.25, -0.2) is 4.98 Å². The fourth-order valence-electron chi connectivity index (χ4n) is 1.57. The fraction of sp³-hybridized carbons (Fsp3) is 0.625. The second kappa shape index (κ2) is 2.11. The van der Waals surface area contributed by atoms with Crippen LogP contribution in [0.3, 0.4) is 0 Å². The first kappa shape index (κ1) is 5.96. The van der Waals surface area contributed by atoms with Gasteiger partial charge in [0.2, 0.25) is 0 Å². The molecule has 10 heavy (non-hydrogen) atoms. The maximum absolute atomic E-state index is 4.32. The third-order valence-electron chi connectivity index (χ3n) is 2.17. The molecule has 0 radical (unpaired) electrons. The molecule has 2 heteroatoms. The van der Waals surface area contributed by atoms with Crippen LogP contribution in [0.2, 0.25) is 0 Å². The van der Waals surface area contributed by atoms with Gasteiger partial charge in [-0.1, -0.05) is 0 Å². The van der Waals surface area contributed by atoms with E-state index in [0.29, 0.717) is 0 Å². The first-order valence-corrected chi connectivity index (χ1v) is 3.89. The van der Waals surface area contributed by atoms with Crippen molar-refractivity contribution in [2.24, 2.45) is 0 Å². The molecule has 2 nitrogen and oxygen atoms in total. The van der Waals surface area contributed by atoms with Crippen molar-refractivity contribution >= 4 is 0 Å². The second-order valence-corrected chi connectivity index (χ2v) is 2.92. The lowest BCUT2D eigenvalue weighted by atomic mass is 10.2. The quantitative estimate of drug-likeness (QED) is 0.529. The van der Waals surface area contributed by atoms with Crippen molar-refractivity contribution < 1.29 is 0 Å². The molecule has 0 unspecified atom stereocenters. The molecule has 0 fully saturated rings. The lowest BCUT2D eigenvalue weighted by Crippen LogP contribution is -2.11.